The summed E-state index contributed by atoms with van der Waals surface area (Å²) in [6.07, 6.45) is 0. The second kappa shape index (κ2) is 29.1. The fourth-order valence-electron chi connectivity index (χ4n) is 0. The fraction of sp³-hybridized carbons (Fsp3) is 0. The van der Waals surface area contributed by atoms with Crippen LogP contribution in [0.1, 0.15) is 2.85 Å². The van der Waals surface area contributed by atoms with E-state index in [4.69, 9.17) is 0 Å². The molecular formula is H4BCaFeSZn. The molecule has 0 heterocycles. The molecule has 0 fully saturated rings. The van der Waals surface area contributed by atoms with Gasteiger partial charge in [0.25, 0.3) is 0 Å². The van der Waals surface area contributed by atoms with Gasteiger partial charge in [-0.2, -0.15) is 13.5 Å². The molecule has 3 radical (unpaired) electrons. The first-order valence-electron chi connectivity index (χ1n) is 0. The van der Waals surface area contributed by atoms with Crippen LogP contribution in [0.5, 0.6) is 0 Å². The Morgan fingerprint density at radius 1 is 1.20 bits per heavy atom. The molecule has 5 heavy (non-hydrogen) atoms. The zero-order valence-electron chi connectivity index (χ0n) is 4.85. The van der Waals surface area contributed by atoms with Gasteiger partial charge in [0.15, 0.2) is 0 Å². The Labute approximate surface area is 97.4 Å². The Morgan fingerprint density at radius 2 is 1.20 bits per heavy atom. The van der Waals surface area contributed by atoms with Gasteiger partial charge in [0.1, 0.15) is 0 Å². The molecule has 0 saturated heterocycles. The Kier molecular flexibility index (Phi) is 266. The molecule has 0 saturated carbocycles. The average molecular weight is 208 g/mol. The van der Waals surface area contributed by atoms with E-state index >= 15 is 0 Å². The van der Waals surface area contributed by atoms with E-state index in [-0.39, 0.29) is 99.0 Å². The zero-order chi connectivity index (χ0) is 0. The van der Waals surface area contributed by atoms with Gasteiger partial charge in [0.05, 0.1) is 0 Å². The summed E-state index contributed by atoms with van der Waals surface area (Å²) in [6.45, 7) is 0. The molecule has 0 aromatic rings. The Bertz CT molecular complexity index is 17.7. The van der Waals surface area contributed by atoms with E-state index in [9.17, 15) is 0 Å². The van der Waals surface area contributed by atoms with Crippen molar-refractivity contribution < 1.29 is 39.4 Å². The first kappa shape index (κ1) is 45.8. The molecule has 0 nitrogen and oxygen atoms in total. The SMILES string of the molecule is S.[B].[Ca+2].[Fe].[H-].[H-].[Zn]. The second-order valence-corrected chi connectivity index (χ2v) is 0. The molecule has 0 aliphatic rings. The van der Waals surface area contributed by atoms with Crippen LogP contribution in [0.25, 0.3) is 0 Å². The van der Waals surface area contributed by atoms with E-state index in [1.54, 1.807) is 0 Å². The summed E-state index contributed by atoms with van der Waals surface area (Å²) in [6, 6.07) is 0. The van der Waals surface area contributed by atoms with Gasteiger partial charge in [-0.3, -0.25) is 0 Å². The molecule has 0 spiro atoms. The molecule has 0 unspecified atom stereocenters. The molecule has 0 atom stereocenters. The molecule has 0 bridgehead atoms. The van der Waals surface area contributed by atoms with Gasteiger partial charge in [-0.05, 0) is 0 Å². The summed E-state index contributed by atoms with van der Waals surface area (Å²) in [5, 5.41) is 0. The number of hydrogen-bond acceptors (Lipinski definition) is 0. The molecule has 0 N–H and O–H groups in total. The van der Waals surface area contributed by atoms with Crippen molar-refractivity contribution in [2.45, 2.75) is 0 Å². The molecule has 0 aromatic heterocycles. The first-order valence-corrected chi connectivity index (χ1v) is 0. The quantitative estimate of drug-likeness (QED) is 0.474. The summed E-state index contributed by atoms with van der Waals surface area (Å²) >= 11 is 0. The van der Waals surface area contributed by atoms with Crippen molar-refractivity contribution >= 4 is 59.6 Å². The van der Waals surface area contributed by atoms with Crippen molar-refractivity contribution in [2.24, 2.45) is 0 Å². The van der Waals surface area contributed by atoms with Crippen molar-refractivity contribution in [1.29, 1.82) is 0 Å². The third-order valence-electron chi connectivity index (χ3n) is 0. The van der Waals surface area contributed by atoms with Crippen LogP contribution in [0.4, 0.5) is 0 Å². The van der Waals surface area contributed by atoms with Crippen LogP contribution in [0, 0.1) is 0 Å². The van der Waals surface area contributed by atoms with E-state index in [1.165, 1.54) is 0 Å². The van der Waals surface area contributed by atoms with Crippen LogP contribution in [0.2, 0.25) is 0 Å². The van der Waals surface area contributed by atoms with Gasteiger partial charge in [-0.25, -0.2) is 0 Å². The zero-order valence-corrected chi connectivity index (χ0v) is 10.1. The van der Waals surface area contributed by atoms with Crippen molar-refractivity contribution in [3.8, 4) is 0 Å². The van der Waals surface area contributed by atoms with Gasteiger partial charge in [0.2, 0.25) is 0 Å². The number of hydrogen-bond donors (Lipinski definition) is 0. The van der Waals surface area contributed by atoms with Crippen LogP contribution in [-0.4, -0.2) is 46.2 Å². The normalized spacial score (nSPS) is 0. The Balaban J connectivity index is 0. The van der Waals surface area contributed by atoms with Crippen LogP contribution in [0.15, 0.2) is 0 Å². The average Bonchev–Trinajstić information content (AvgIpc) is 0. The maximum Gasteiger partial charge on any atom is 2.00 e. The van der Waals surface area contributed by atoms with E-state index in [1.807, 2.05) is 0 Å². The van der Waals surface area contributed by atoms with Crippen LogP contribution < -0.4 is 0 Å². The first-order chi connectivity index (χ1) is 0. The predicted octanol–water partition coefficient (Wildman–Crippen LogP) is -0.429. The largest absolute Gasteiger partial charge is 2.00 e. The van der Waals surface area contributed by atoms with E-state index in [0.29, 0.717) is 0 Å². The van der Waals surface area contributed by atoms with E-state index in [0.717, 1.165) is 0 Å². The van der Waals surface area contributed by atoms with Crippen LogP contribution in [-0.2, 0) is 36.5 Å². The molecule has 0 aliphatic carbocycles. The summed E-state index contributed by atoms with van der Waals surface area (Å²) in [7, 11) is 0. The maximum atomic E-state index is 0. The van der Waals surface area contributed by atoms with Crippen LogP contribution in [0.3, 0.4) is 0 Å². The van der Waals surface area contributed by atoms with E-state index < -0.39 is 0 Å². The smallest absolute Gasteiger partial charge is 1.00 e. The van der Waals surface area contributed by atoms with E-state index in [2.05, 4.69) is 0 Å². The summed E-state index contributed by atoms with van der Waals surface area (Å²) in [4.78, 5) is 0. The topological polar surface area (TPSA) is 0 Å². The van der Waals surface area contributed by atoms with Gasteiger partial charge < -0.3 is 2.85 Å². The molecular weight excluding hydrogens is 204 g/mol. The van der Waals surface area contributed by atoms with Crippen molar-refractivity contribution in [2.75, 3.05) is 0 Å². The third kappa shape index (κ3) is 19.9. The molecule has 0 amide bonds. The Hall–Kier alpha value is 2.82. The Morgan fingerprint density at radius 3 is 1.20 bits per heavy atom. The predicted molar refractivity (Wildman–Crippen MR) is 24.1 cm³/mol. The summed E-state index contributed by atoms with van der Waals surface area (Å²) in [5.74, 6) is 0. The second-order valence-electron chi connectivity index (χ2n) is 0. The van der Waals surface area contributed by atoms with Gasteiger partial charge in [-0.15, -0.1) is 0 Å². The minimum absolute atomic E-state index is 0. The number of rotatable bonds is 0. The molecule has 0 rings (SSSR count). The monoisotopic (exact) mass is 207 g/mol. The third-order valence-corrected chi connectivity index (χ3v) is 0. The minimum atomic E-state index is 0. The molecule has 0 aromatic carbocycles. The van der Waals surface area contributed by atoms with Gasteiger partial charge >= 0.3 is 37.7 Å². The summed E-state index contributed by atoms with van der Waals surface area (Å²) in [5.41, 5.74) is 0. The van der Waals surface area contributed by atoms with Crippen molar-refractivity contribution in [3.63, 3.8) is 0 Å². The molecule has 25 valence electrons. The fourth-order valence-corrected chi connectivity index (χ4v) is 0. The van der Waals surface area contributed by atoms with Crippen molar-refractivity contribution in [3.05, 3.63) is 0 Å². The van der Waals surface area contributed by atoms with Gasteiger partial charge in [0, 0.05) is 45.0 Å². The standard InChI is InChI=1S/B.Ca.Fe.H2S.Zn.2H/h;;;1H2;;;/q;+2;;;;2*-1. The molecule has 5 heteroatoms. The van der Waals surface area contributed by atoms with Gasteiger partial charge in [-0.1, -0.05) is 0 Å². The maximum absolute atomic E-state index is 0. The van der Waals surface area contributed by atoms with Crippen LogP contribution >= 0.6 is 13.5 Å². The molecule has 0 aliphatic heterocycles. The summed E-state index contributed by atoms with van der Waals surface area (Å²) < 4.78 is 0. The minimum Gasteiger partial charge on any atom is -1.00 e. The van der Waals surface area contributed by atoms with Crippen molar-refractivity contribution in [1.82, 2.24) is 0 Å².